The van der Waals surface area contributed by atoms with E-state index in [-0.39, 0.29) is 0 Å². The van der Waals surface area contributed by atoms with Gasteiger partial charge in [-0.15, -0.1) is 0 Å². The van der Waals surface area contributed by atoms with Crippen molar-refractivity contribution in [3.05, 3.63) is 0 Å². The van der Waals surface area contributed by atoms with Crippen molar-refractivity contribution in [1.29, 1.82) is 0 Å². The average molecular weight is 151 g/mol. The first-order valence-corrected chi connectivity index (χ1v) is 2.50. The minimum Gasteiger partial charge on any atom is -0.480 e. The topological polar surface area (TPSA) is 113 Å². The Hall–Kier alpha value is -0.690. The number of nitrogens with two attached hydrogens (primary N) is 1. The minimum absolute atomic E-state index is 0.424. The highest BCUT2D eigenvalue weighted by molar-refractivity contribution is 5.73. The zero-order chi connectivity index (χ0) is 8.15. The van der Waals surface area contributed by atoms with E-state index in [2.05, 4.69) is 4.74 Å². The first-order valence-electron chi connectivity index (χ1n) is 2.50. The molecule has 1 unspecified atom stereocenters. The zero-order valence-electron chi connectivity index (χ0n) is 5.10. The van der Waals surface area contributed by atoms with Crippen LogP contribution in [-0.4, -0.2) is 40.4 Å². The van der Waals surface area contributed by atoms with Crippen LogP contribution >= 0.6 is 0 Å². The monoisotopic (exact) mass is 151 g/mol. The number of aliphatic carboxylic acids is 1. The Balaban J connectivity index is 3.40. The van der Waals surface area contributed by atoms with Gasteiger partial charge in [0.05, 0.1) is 6.61 Å². The Kier molecular flexibility index (Phi) is 3.89. The fourth-order valence-electron chi connectivity index (χ4n) is 0.261. The molecule has 0 bridgehead atoms. The number of hydrogen-bond donors (Lipinski definition) is 4. The van der Waals surface area contributed by atoms with Crippen molar-refractivity contribution in [2.75, 3.05) is 6.61 Å². The Labute approximate surface area is 56.8 Å². The summed E-state index contributed by atoms with van der Waals surface area (Å²) in [6.45, 7) is -2.39. The summed E-state index contributed by atoms with van der Waals surface area (Å²) in [7, 11) is 0. The third-order valence-electron chi connectivity index (χ3n) is 0.742. The van der Waals surface area contributed by atoms with E-state index in [0.717, 1.165) is 0 Å². The Morgan fingerprint density at radius 3 is 2.40 bits per heavy atom. The number of hydrogen-bond acceptors (Lipinski definition) is 5. The summed E-state index contributed by atoms with van der Waals surface area (Å²) in [5.74, 6) is -1.25. The second kappa shape index (κ2) is 4.18. The molecule has 0 saturated heterocycles. The van der Waals surface area contributed by atoms with Gasteiger partial charge in [-0.05, 0) is 0 Å². The van der Waals surface area contributed by atoms with Crippen LogP contribution in [-0.2, 0) is 9.53 Å². The lowest BCUT2D eigenvalue weighted by molar-refractivity contribution is -0.235. The maximum absolute atomic E-state index is 9.94. The van der Waals surface area contributed by atoms with Crippen LogP contribution in [0.5, 0.6) is 0 Å². The molecule has 1 atom stereocenters. The first kappa shape index (κ1) is 9.31. The molecule has 6 heteroatoms. The van der Waals surface area contributed by atoms with E-state index in [4.69, 9.17) is 21.1 Å². The smallest absolute Gasteiger partial charge is 0.322 e. The summed E-state index contributed by atoms with van der Waals surface area (Å²) >= 11 is 0. The van der Waals surface area contributed by atoms with E-state index in [1.165, 1.54) is 0 Å². The predicted octanol–water partition coefficient (Wildman–Crippen LogP) is -2.32. The molecule has 60 valence electrons. The molecular formula is C4H9NO5. The number of carbonyl (C=O) groups is 1. The van der Waals surface area contributed by atoms with Crippen molar-refractivity contribution in [3.8, 4) is 0 Å². The lowest BCUT2D eigenvalue weighted by Crippen LogP contribution is -2.36. The average Bonchev–Trinajstić information content (AvgIpc) is 1.82. The van der Waals surface area contributed by atoms with Gasteiger partial charge in [-0.1, -0.05) is 0 Å². The van der Waals surface area contributed by atoms with Gasteiger partial charge in [-0.3, -0.25) is 4.79 Å². The highest BCUT2D eigenvalue weighted by Gasteiger charge is 2.12. The molecule has 0 aliphatic carbocycles. The first-order chi connectivity index (χ1) is 4.54. The molecule has 10 heavy (non-hydrogen) atoms. The van der Waals surface area contributed by atoms with Crippen molar-refractivity contribution in [3.63, 3.8) is 0 Å². The van der Waals surface area contributed by atoms with Crippen molar-refractivity contribution in [2.24, 2.45) is 5.73 Å². The molecule has 0 heterocycles. The van der Waals surface area contributed by atoms with Crippen molar-refractivity contribution < 1.29 is 24.9 Å². The highest BCUT2D eigenvalue weighted by atomic mass is 16.7. The van der Waals surface area contributed by atoms with E-state index in [9.17, 15) is 4.79 Å². The van der Waals surface area contributed by atoms with Gasteiger partial charge >= 0.3 is 5.97 Å². The molecule has 0 aliphatic rings. The minimum atomic E-state index is -1.97. The molecule has 5 N–H and O–H groups in total. The summed E-state index contributed by atoms with van der Waals surface area (Å²) in [5, 5.41) is 24.3. The van der Waals surface area contributed by atoms with Crippen LogP contribution in [0.1, 0.15) is 0 Å². The quantitative estimate of drug-likeness (QED) is 0.335. The van der Waals surface area contributed by atoms with Crippen LogP contribution in [0.25, 0.3) is 0 Å². The molecule has 0 aromatic rings. The Bertz CT molecular complexity index is 114. The van der Waals surface area contributed by atoms with Crippen LogP contribution in [0.2, 0.25) is 0 Å². The van der Waals surface area contributed by atoms with Gasteiger partial charge in [0.1, 0.15) is 6.04 Å². The number of ether oxygens (including phenoxy) is 1. The van der Waals surface area contributed by atoms with E-state index in [1.54, 1.807) is 0 Å². The number of carboxylic acid groups (broad SMARTS) is 1. The molecule has 0 aliphatic heterocycles. The van der Waals surface area contributed by atoms with Crippen LogP contribution in [0, 0.1) is 0 Å². The molecule has 0 aromatic heterocycles. The molecule has 0 fully saturated rings. The van der Waals surface area contributed by atoms with E-state index in [1.807, 2.05) is 0 Å². The van der Waals surface area contributed by atoms with Crippen LogP contribution in [0.15, 0.2) is 0 Å². The van der Waals surface area contributed by atoms with E-state index in [0.29, 0.717) is 0 Å². The van der Waals surface area contributed by atoms with Gasteiger partial charge in [0.15, 0.2) is 0 Å². The lowest BCUT2D eigenvalue weighted by atomic mass is 10.3. The van der Waals surface area contributed by atoms with Crippen molar-refractivity contribution in [1.82, 2.24) is 0 Å². The molecule has 0 aromatic carbocycles. The third-order valence-corrected chi connectivity index (χ3v) is 0.742. The number of aliphatic hydroxyl groups is 2. The van der Waals surface area contributed by atoms with E-state index < -0.39 is 25.1 Å². The molecule has 0 saturated carbocycles. The maximum atomic E-state index is 9.94. The van der Waals surface area contributed by atoms with Gasteiger partial charge in [0, 0.05) is 0 Å². The summed E-state index contributed by atoms with van der Waals surface area (Å²) in [6, 6.07) is -1.22. The second-order valence-electron chi connectivity index (χ2n) is 1.60. The van der Waals surface area contributed by atoms with E-state index >= 15 is 0 Å². The Morgan fingerprint density at radius 2 is 2.10 bits per heavy atom. The number of carboxylic acids is 1. The normalized spacial score (nSPS) is 13.6. The molecule has 0 rings (SSSR count). The zero-order valence-corrected chi connectivity index (χ0v) is 5.10. The summed E-state index contributed by atoms with van der Waals surface area (Å²) in [4.78, 5) is 9.94. The molecule has 0 amide bonds. The van der Waals surface area contributed by atoms with Crippen molar-refractivity contribution in [2.45, 2.75) is 12.5 Å². The van der Waals surface area contributed by atoms with Gasteiger partial charge < -0.3 is 25.8 Å². The lowest BCUT2D eigenvalue weighted by Gasteiger charge is -2.07. The molecule has 0 radical (unpaired) electrons. The van der Waals surface area contributed by atoms with Gasteiger partial charge in [-0.25, -0.2) is 0 Å². The van der Waals surface area contributed by atoms with Crippen LogP contribution < -0.4 is 5.73 Å². The second-order valence-corrected chi connectivity index (χ2v) is 1.60. The molecular weight excluding hydrogens is 142 g/mol. The maximum Gasteiger partial charge on any atom is 0.322 e. The SMILES string of the molecule is NC(COC(O)O)C(=O)O. The highest BCUT2D eigenvalue weighted by Crippen LogP contribution is 1.84. The number of rotatable bonds is 4. The summed E-state index contributed by atoms with van der Waals surface area (Å²) < 4.78 is 4.07. The van der Waals surface area contributed by atoms with Crippen molar-refractivity contribution >= 4 is 5.97 Å². The fourth-order valence-corrected chi connectivity index (χ4v) is 0.261. The Morgan fingerprint density at radius 1 is 1.60 bits per heavy atom. The summed E-state index contributed by atoms with van der Waals surface area (Å²) in [6.07, 6.45) is 0. The molecule has 0 spiro atoms. The van der Waals surface area contributed by atoms with Crippen LogP contribution in [0.3, 0.4) is 0 Å². The van der Waals surface area contributed by atoms with Gasteiger partial charge in [-0.2, -0.15) is 0 Å². The number of aliphatic hydroxyl groups excluding tert-OH is 1. The largest absolute Gasteiger partial charge is 0.480 e. The third kappa shape index (κ3) is 4.21. The van der Waals surface area contributed by atoms with Crippen LogP contribution in [0.4, 0.5) is 0 Å². The fraction of sp³-hybridized carbons (Fsp3) is 0.750. The van der Waals surface area contributed by atoms with Gasteiger partial charge in [0.25, 0.3) is 6.48 Å². The van der Waals surface area contributed by atoms with Gasteiger partial charge in [0.2, 0.25) is 0 Å². The standard InChI is InChI=1S/C4H9NO5/c5-2(3(6)7)1-10-4(8)9/h2,4,8-9H,1,5H2,(H,6,7). The summed E-state index contributed by atoms with van der Waals surface area (Å²) in [5.41, 5.74) is 4.92. The predicted molar refractivity (Wildman–Crippen MR) is 29.8 cm³/mol. The molecule has 6 nitrogen and oxygen atoms in total.